The van der Waals surface area contributed by atoms with E-state index in [4.69, 9.17) is 11.6 Å². The van der Waals surface area contributed by atoms with Crippen LogP contribution in [0, 0.1) is 6.92 Å². The Morgan fingerprint density at radius 1 is 1.26 bits per heavy atom. The molecule has 8 heteroatoms. The van der Waals surface area contributed by atoms with Crippen molar-refractivity contribution in [2.75, 3.05) is 23.3 Å². The number of H-pyrrole nitrogens is 1. The first-order chi connectivity index (χ1) is 11.1. The average Bonchev–Trinajstić information content (AvgIpc) is 2.91. The Bertz CT molecular complexity index is 874. The molecule has 1 aromatic carbocycles. The van der Waals surface area contributed by atoms with Gasteiger partial charge < -0.3 is 15.3 Å². The second-order valence-corrected chi connectivity index (χ2v) is 5.94. The van der Waals surface area contributed by atoms with E-state index >= 15 is 0 Å². The Kier molecular flexibility index (Phi) is 3.32. The number of aliphatic hydroxyl groups is 1. The van der Waals surface area contributed by atoms with Crippen molar-refractivity contribution in [3.63, 3.8) is 0 Å². The normalized spacial score (nSPS) is 15.0. The number of β-amino-alcohol motifs (C(OH)–C–C–N with tert-alkyl or cyclic N) is 1. The van der Waals surface area contributed by atoms with Crippen molar-refractivity contribution in [2.45, 2.75) is 13.0 Å². The molecule has 3 heterocycles. The number of nitrogens with one attached hydrogen (secondary N) is 2. The van der Waals surface area contributed by atoms with Crippen molar-refractivity contribution in [1.82, 2.24) is 20.2 Å². The number of nitrogens with zero attached hydrogens (tertiary/aromatic N) is 4. The molecule has 23 heavy (non-hydrogen) atoms. The van der Waals surface area contributed by atoms with Crippen LogP contribution in [0.25, 0.3) is 10.9 Å². The molecule has 0 amide bonds. The third-order valence-corrected chi connectivity index (χ3v) is 4.16. The number of aliphatic hydroxyl groups excluding tert-OH is 1. The zero-order valence-corrected chi connectivity index (χ0v) is 13.2. The number of aromatic amines is 1. The Morgan fingerprint density at radius 3 is 2.83 bits per heavy atom. The molecule has 3 N–H and O–H groups in total. The third kappa shape index (κ3) is 2.47. The lowest BCUT2D eigenvalue weighted by molar-refractivity contribution is 0.141. The summed E-state index contributed by atoms with van der Waals surface area (Å²) >= 11 is 6.46. The van der Waals surface area contributed by atoms with E-state index in [2.05, 4.69) is 25.5 Å². The van der Waals surface area contributed by atoms with Crippen molar-refractivity contribution >= 4 is 40.0 Å². The molecule has 0 bridgehead atoms. The highest BCUT2D eigenvalue weighted by atomic mass is 35.5. The Labute approximate surface area is 137 Å². The number of para-hydroxylation sites is 1. The fourth-order valence-electron chi connectivity index (χ4n) is 2.64. The van der Waals surface area contributed by atoms with Crippen LogP contribution in [0.4, 0.5) is 17.5 Å². The molecule has 2 aromatic heterocycles. The van der Waals surface area contributed by atoms with Gasteiger partial charge in [0.15, 0.2) is 17.5 Å². The van der Waals surface area contributed by atoms with Gasteiger partial charge in [0.2, 0.25) is 0 Å². The average molecular weight is 331 g/mol. The fourth-order valence-corrected chi connectivity index (χ4v) is 2.89. The molecular weight excluding hydrogens is 316 g/mol. The molecule has 0 unspecified atom stereocenters. The van der Waals surface area contributed by atoms with Crippen LogP contribution < -0.4 is 10.2 Å². The Morgan fingerprint density at radius 2 is 2.04 bits per heavy atom. The van der Waals surface area contributed by atoms with E-state index in [-0.39, 0.29) is 6.10 Å². The third-order valence-electron chi connectivity index (χ3n) is 3.81. The van der Waals surface area contributed by atoms with Crippen LogP contribution in [0.5, 0.6) is 0 Å². The van der Waals surface area contributed by atoms with E-state index in [0.29, 0.717) is 41.4 Å². The summed E-state index contributed by atoms with van der Waals surface area (Å²) in [5, 5.41) is 21.3. The first-order valence-corrected chi connectivity index (χ1v) is 7.67. The van der Waals surface area contributed by atoms with E-state index in [0.717, 1.165) is 10.9 Å². The minimum absolute atomic E-state index is 0.326. The van der Waals surface area contributed by atoms with Crippen molar-refractivity contribution in [2.24, 2.45) is 0 Å². The van der Waals surface area contributed by atoms with Gasteiger partial charge in [-0.1, -0.05) is 23.7 Å². The van der Waals surface area contributed by atoms with Gasteiger partial charge in [-0.05, 0) is 19.1 Å². The van der Waals surface area contributed by atoms with Crippen LogP contribution in [-0.2, 0) is 0 Å². The van der Waals surface area contributed by atoms with E-state index < -0.39 is 0 Å². The summed E-state index contributed by atoms with van der Waals surface area (Å²) in [5.74, 6) is 2.41. The number of aromatic nitrogens is 4. The van der Waals surface area contributed by atoms with Crippen molar-refractivity contribution < 1.29 is 5.11 Å². The SMILES string of the molecule is Cc1nc(Nc2n[nH]c3ccccc23)c(Cl)c(N2CC(O)C2)n1. The zero-order chi connectivity index (χ0) is 16.0. The number of hydrogen-bond acceptors (Lipinski definition) is 6. The number of rotatable bonds is 3. The molecule has 1 aliphatic heterocycles. The molecule has 3 aromatic rings. The van der Waals surface area contributed by atoms with Crippen LogP contribution >= 0.6 is 11.6 Å². The van der Waals surface area contributed by atoms with Crippen LogP contribution in [-0.4, -0.2) is 44.5 Å². The second kappa shape index (κ2) is 5.36. The molecule has 0 aliphatic carbocycles. The van der Waals surface area contributed by atoms with E-state index in [1.165, 1.54) is 0 Å². The van der Waals surface area contributed by atoms with Crippen LogP contribution in [0.1, 0.15) is 5.82 Å². The molecule has 0 spiro atoms. The topological polar surface area (TPSA) is 90.0 Å². The number of hydrogen-bond donors (Lipinski definition) is 3. The quantitative estimate of drug-likeness (QED) is 0.682. The number of halogens is 1. The maximum Gasteiger partial charge on any atom is 0.161 e. The number of fused-ring (bicyclic) bond motifs is 1. The fraction of sp³-hybridized carbons (Fsp3) is 0.267. The van der Waals surface area contributed by atoms with Gasteiger partial charge in [0.25, 0.3) is 0 Å². The molecule has 1 fully saturated rings. The molecule has 0 saturated carbocycles. The molecule has 1 saturated heterocycles. The predicted molar refractivity (Wildman–Crippen MR) is 89.4 cm³/mol. The van der Waals surface area contributed by atoms with Gasteiger partial charge in [-0.15, -0.1) is 0 Å². The van der Waals surface area contributed by atoms with Crippen molar-refractivity contribution in [1.29, 1.82) is 0 Å². The zero-order valence-electron chi connectivity index (χ0n) is 12.4. The van der Waals surface area contributed by atoms with Gasteiger partial charge in [-0.3, -0.25) is 5.10 Å². The highest BCUT2D eigenvalue weighted by Crippen LogP contribution is 2.34. The smallest absolute Gasteiger partial charge is 0.161 e. The molecule has 1 aliphatic rings. The molecule has 0 radical (unpaired) electrons. The Balaban J connectivity index is 1.71. The standard InChI is InChI=1S/C15H15ClN6O/c1-8-17-14(12(16)15(18-8)22-6-9(23)7-22)19-13-10-4-2-3-5-11(10)20-21-13/h2-5,9,23H,6-7H2,1H3,(H2,17,18,19,20,21). The molecule has 0 atom stereocenters. The summed E-state index contributed by atoms with van der Waals surface area (Å²) in [5.41, 5.74) is 0.933. The summed E-state index contributed by atoms with van der Waals surface area (Å²) in [6.07, 6.45) is -0.326. The minimum Gasteiger partial charge on any atom is -0.389 e. The maximum atomic E-state index is 9.48. The summed E-state index contributed by atoms with van der Waals surface area (Å²) in [7, 11) is 0. The van der Waals surface area contributed by atoms with E-state index in [9.17, 15) is 5.11 Å². The number of anilines is 3. The first kappa shape index (κ1) is 14.2. The lowest BCUT2D eigenvalue weighted by Crippen LogP contribution is -2.51. The van der Waals surface area contributed by atoms with Gasteiger partial charge in [-0.25, -0.2) is 9.97 Å². The second-order valence-electron chi connectivity index (χ2n) is 5.56. The molecule has 4 rings (SSSR count). The van der Waals surface area contributed by atoms with Crippen LogP contribution in [0.3, 0.4) is 0 Å². The van der Waals surface area contributed by atoms with E-state index in [1.54, 1.807) is 0 Å². The largest absolute Gasteiger partial charge is 0.389 e. The predicted octanol–water partition coefficient (Wildman–Crippen LogP) is 2.24. The number of aryl methyl sites for hydroxylation is 1. The lowest BCUT2D eigenvalue weighted by atomic mass is 10.2. The summed E-state index contributed by atoms with van der Waals surface area (Å²) in [4.78, 5) is 10.7. The summed E-state index contributed by atoms with van der Waals surface area (Å²) in [6.45, 7) is 2.87. The summed E-state index contributed by atoms with van der Waals surface area (Å²) < 4.78 is 0. The van der Waals surface area contributed by atoms with Gasteiger partial charge in [0, 0.05) is 18.5 Å². The lowest BCUT2D eigenvalue weighted by Gasteiger charge is -2.37. The van der Waals surface area contributed by atoms with Gasteiger partial charge >= 0.3 is 0 Å². The van der Waals surface area contributed by atoms with Gasteiger partial charge in [-0.2, -0.15) is 5.10 Å². The molecular formula is C15H15ClN6O. The monoisotopic (exact) mass is 330 g/mol. The summed E-state index contributed by atoms with van der Waals surface area (Å²) in [6, 6.07) is 7.81. The maximum absolute atomic E-state index is 9.48. The van der Waals surface area contributed by atoms with Gasteiger partial charge in [0.1, 0.15) is 10.8 Å². The first-order valence-electron chi connectivity index (χ1n) is 7.29. The van der Waals surface area contributed by atoms with E-state index in [1.807, 2.05) is 36.1 Å². The molecule has 7 nitrogen and oxygen atoms in total. The van der Waals surface area contributed by atoms with Gasteiger partial charge in [0.05, 0.1) is 11.6 Å². The van der Waals surface area contributed by atoms with Crippen LogP contribution in [0.15, 0.2) is 24.3 Å². The molecule has 118 valence electrons. The van der Waals surface area contributed by atoms with Crippen molar-refractivity contribution in [3.8, 4) is 0 Å². The Hall–Kier alpha value is -2.38. The highest BCUT2D eigenvalue weighted by molar-refractivity contribution is 6.35. The van der Waals surface area contributed by atoms with Crippen LogP contribution in [0.2, 0.25) is 5.02 Å². The minimum atomic E-state index is -0.326. The highest BCUT2D eigenvalue weighted by Gasteiger charge is 2.29. The van der Waals surface area contributed by atoms with Crippen molar-refractivity contribution in [3.05, 3.63) is 35.1 Å². The number of benzene rings is 1.